The first-order valence-electron chi connectivity index (χ1n) is 4.11. The second-order valence-corrected chi connectivity index (χ2v) is 2.90. The molecule has 0 fully saturated rings. The summed E-state index contributed by atoms with van der Waals surface area (Å²) < 4.78 is 5.02. The highest BCUT2D eigenvalue weighted by Crippen LogP contribution is 2.28. The Labute approximate surface area is 84.5 Å². The highest BCUT2D eigenvalue weighted by Gasteiger charge is 2.13. The van der Waals surface area contributed by atoms with Gasteiger partial charge in [0.05, 0.1) is 11.1 Å². The average Bonchev–Trinajstić information content (AvgIpc) is 2.71. The smallest absolute Gasteiger partial charge is 0.292 e. The van der Waals surface area contributed by atoms with Crippen LogP contribution in [0.5, 0.6) is 0 Å². The first-order chi connectivity index (χ1) is 7.18. The summed E-state index contributed by atoms with van der Waals surface area (Å²) in [5, 5.41) is 10.6. The number of benzene rings is 1. The first-order valence-corrected chi connectivity index (χ1v) is 4.11. The van der Waals surface area contributed by atoms with E-state index in [0.29, 0.717) is 11.3 Å². The lowest BCUT2D eigenvalue weighted by molar-refractivity contribution is -0.383. The van der Waals surface area contributed by atoms with Gasteiger partial charge in [0.2, 0.25) is 0 Å². The number of nitrogens with two attached hydrogens (primary N) is 1. The molecule has 1 heterocycles. The van der Waals surface area contributed by atoms with Gasteiger partial charge in [-0.1, -0.05) is 0 Å². The van der Waals surface area contributed by atoms with Crippen LogP contribution < -0.4 is 5.73 Å². The molecule has 2 rings (SSSR count). The molecule has 2 N–H and O–H groups in total. The third-order valence-electron chi connectivity index (χ3n) is 1.94. The van der Waals surface area contributed by atoms with Crippen molar-refractivity contribution in [3.8, 4) is 11.3 Å². The zero-order valence-electron chi connectivity index (χ0n) is 7.58. The monoisotopic (exact) mass is 205 g/mol. The van der Waals surface area contributed by atoms with Crippen molar-refractivity contribution in [1.82, 2.24) is 4.98 Å². The standard InChI is InChI=1S/C9H7N3O3/c10-7-2-1-6(3-8(7)12(13)14)9-4-11-5-15-9/h1-5H,10H2. The van der Waals surface area contributed by atoms with Crippen LogP contribution in [0.25, 0.3) is 11.3 Å². The van der Waals surface area contributed by atoms with E-state index in [1.165, 1.54) is 24.7 Å². The Kier molecular flexibility index (Phi) is 2.09. The van der Waals surface area contributed by atoms with E-state index in [2.05, 4.69) is 4.98 Å². The Morgan fingerprint density at radius 3 is 2.87 bits per heavy atom. The summed E-state index contributed by atoms with van der Waals surface area (Å²) in [5.74, 6) is 0.470. The molecular formula is C9H7N3O3. The minimum atomic E-state index is -0.533. The fourth-order valence-corrected chi connectivity index (χ4v) is 1.21. The fourth-order valence-electron chi connectivity index (χ4n) is 1.21. The molecule has 0 radical (unpaired) electrons. The molecular weight excluding hydrogens is 198 g/mol. The number of aromatic nitrogens is 1. The topological polar surface area (TPSA) is 95.2 Å². The molecule has 6 nitrogen and oxygen atoms in total. The van der Waals surface area contributed by atoms with Crippen molar-refractivity contribution in [2.45, 2.75) is 0 Å². The van der Waals surface area contributed by atoms with Gasteiger partial charge in [-0.2, -0.15) is 0 Å². The van der Waals surface area contributed by atoms with Gasteiger partial charge in [0, 0.05) is 11.6 Å². The van der Waals surface area contributed by atoms with Crippen molar-refractivity contribution in [1.29, 1.82) is 0 Å². The van der Waals surface area contributed by atoms with Gasteiger partial charge in [-0.05, 0) is 12.1 Å². The number of hydrogen-bond acceptors (Lipinski definition) is 5. The zero-order valence-corrected chi connectivity index (χ0v) is 7.58. The van der Waals surface area contributed by atoms with E-state index in [1.54, 1.807) is 6.07 Å². The first kappa shape index (κ1) is 9.20. The summed E-state index contributed by atoms with van der Waals surface area (Å²) in [6.07, 6.45) is 2.74. The Hall–Kier alpha value is -2.37. The maximum atomic E-state index is 10.6. The lowest BCUT2D eigenvalue weighted by Crippen LogP contribution is -1.95. The maximum Gasteiger partial charge on any atom is 0.292 e. The summed E-state index contributed by atoms with van der Waals surface area (Å²) >= 11 is 0. The van der Waals surface area contributed by atoms with Crippen LogP contribution in [0.1, 0.15) is 0 Å². The van der Waals surface area contributed by atoms with Gasteiger partial charge in [-0.3, -0.25) is 10.1 Å². The molecule has 0 aliphatic heterocycles. The number of rotatable bonds is 2. The van der Waals surface area contributed by atoms with Crippen LogP contribution in [-0.2, 0) is 0 Å². The van der Waals surface area contributed by atoms with Crippen LogP contribution in [0, 0.1) is 10.1 Å². The predicted octanol–water partition coefficient (Wildman–Crippen LogP) is 1.83. The van der Waals surface area contributed by atoms with E-state index in [1.807, 2.05) is 0 Å². The maximum absolute atomic E-state index is 10.6. The molecule has 2 aromatic rings. The molecule has 1 aromatic heterocycles. The van der Waals surface area contributed by atoms with Gasteiger partial charge in [0.25, 0.3) is 5.69 Å². The summed E-state index contributed by atoms with van der Waals surface area (Å²) in [6.45, 7) is 0. The molecule has 0 unspecified atom stereocenters. The minimum Gasteiger partial charge on any atom is -0.444 e. The molecule has 0 aliphatic carbocycles. The molecule has 1 aromatic carbocycles. The molecule has 0 saturated heterocycles. The largest absolute Gasteiger partial charge is 0.444 e. The number of nitrogens with zero attached hydrogens (tertiary/aromatic N) is 2. The number of nitro benzene ring substituents is 1. The normalized spacial score (nSPS) is 10.1. The fraction of sp³-hybridized carbons (Fsp3) is 0. The molecule has 6 heteroatoms. The van der Waals surface area contributed by atoms with Gasteiger partial charge in [-0.15, -0.1) is 0 Å². The Morgan fingerprint density at radius 1 is 1.47 bits per heavy atom. The third kappa shape index (κ3) is 1.64. The van der Waals surface area contributed by atoms with Crippen LogP contribution in [0.15, 0.2) is 35.2 Å². The second kappa shape index (κ2) is 3.41. The second-order valence-electron chi connectivity index (χ2n) is 2.90. The van der Waals surface area contributed by atoms with E-state index >= 15 is 0 Å². The highest BCUT2D eigenvalue weighted by atomic mass is 16.6. The van der Waals surface area contributed by atoms with E-state index in [9.17, 15) is 10.1 Å². The Balaban J connectivity index is 2.52. The Bertz CT molecular complexity index is 493. The minimum absolute atomic E-state index is 0.128. The van der Waals surface area contributed by atoms with Gasteiger partial charge < -0.3 is 10.2 Å². The molecule has 0 saturated carbocycles. The quantitative estimate of drug-likeness (QED) is 0.458. The van der Waals surface area contributed by atoms with Crippen molar-refractivity contribution >= 4 is 11.4 Å². The number of anilines is 1. The number of nitrogen functional groups attached to an aromatic ring is 1. The van der Waals surface area contributed by atoms with Gasteiger partial charge in [-0.25, -0.2) is 4.98 Å². The van der Waals surface area contributed by atoms with Crippen molar-refractivity contribution in [3.05, 3.63) is 40.9 Å². The van der Waals surface area contributed by atoms with Crippen molar-refractivity contribution in [3.63, 3.8) is 0 Å². The Morgan fingerprint density at radius 2 is 2.27 bits per heavy atom. The van der Waals surface area contributed by atoms with Gasteiger partial charge >= 0.3 is 0 Å². The average molecular weight is 205 g/mol. The van der Waals surface area contributed by atoms with Crippen LogP contribution in [-0.4, -0.2) is 9.91 Å². The summed E-state index contributed by atoms with van der Waals surface area (Å²) in [7, 11) is 0. The molecule has 15 heavy (non-hydrogen) atoms. The van der Waals surface area contributed by atoms with Crippen LogP contribution in [0.2, 0.25) is 0 Å². The molecule has 0 aliphatic rings. The van der Waals surface area contributed by atoms with Crippen molar-refractivity contribution < 1.29 is 9.34 Å². The van der Waals surface area contributed by atoms with Crippen molar-refractivity contribution in [2.75, 3.05) is 5.73 Å². The lowest BCUT2D eigenvalue weighted by atomic mass is 10.1. The molecule has 0 spiro atoms. The van der Waals surface area contributed by atoms with Gasteiger partial charge in [0.15, 0.2) is 12.2 Å². The van der Waals surface area contributed by atoms with E-state index in [0.717, 1.165) is 0 Å². The predicted molar refractivity (Wildman–Crippen MR) is 53.0 cm³/mol. The van der Waals surface area contributed by atoms with E-state index in [-0.39, 0.29) is 11.4 Å². The van der Waals surface area contributed by atoms with Crippen LogP contribution >= 0.6 is 0 Å². The van der Waals surface area contributed by atoms with E-state index < -0.39 is 4.92 Å². The zero-order chi connectivity index (χ0) is 10.8. The number of hydrogen-bond donors (Lipinski definition) is 1. The van der Waals surface area contributed by atoms with Crippen molar-refractivity contribution in [2.24, 2.45) is 0 Å². The van der Waals surface area contributed by atoms with E-state index in [4.69, 9.17) is 10.2 Å². The number of oxazole rings is 1. The molecule has 0 amide bonds. The van der Waals surface area contributed by atoms with Crippen LogP contribution in [0.4, 0.5) is 11.4 Å². The molecule has 76 valence electrons. The van der Waals surface area contributed by atoms with Gasteiger partial charge in [0.1, 0.15) is 5.69 Å². The third-order valence-corrected chi connectivity index (χ3v) is 1.94. The summed E-state index contributed by atoms with van der Waals surface area (Å²) in [6, 6.07) is 4.47. The number of nitro groups is 1. The highest BCUT2D eigenvalue weighted by molar-refractivity contribution is 5.68. The molecule has 0 bridgehead atoms. The SMILES string of the molecule is Nc1ccc(-c2cnco2)cc1[N+](=O)[O-]. The summed E-state index contributed by atoms with van der Waals surface area (Å²) in [4.78, 5) is 13.8. The van der Waals surface area contributed by atoms with Crippen LogP contribution in [0.3, 0.4) is 0 Å². The lowest BCUT2D eigenvalue weighted by Gasteiger charge is -1.99. The molecule has 0 atom stereocenters. The summed E-state index contributed by atoms with van der Waals surface area (Å²) in [5.41, 5.74) is 6.03.